The maximum Gasteiger partial charge on any atom is 0.224 e. The van der Waals surface area contributed by atoms with Gasteiger partial charge in [0.15, 0.2) is 0 Å². The highest BCUT2D eigenvalue weighted by molar-refractivity contribution is 6.63. The van der Waals surface area contributed by atoms with Gasteiger partial charge in [-0.25, -0.2) is 0 Å². The number of hydrogen-bond acceptors (Lipinski definition) is 2. The van der Waals surface area contributed by atoms with Crippen molar-refractivity contribution in [1.82, 2.24) is 0 Å². The Kier molecular flexibility index (Phi) is 3.16. The van der Waals surface area contributed by atoms with Crippen molar-refractivity contribution in [3.63, 3.8) is 0 Å². The Morgan fingerprint density at radius 1 is 1.60 bits per heavy atom. The van der Waals surface area contributed by atoms with Gasteiger partial charge in [-0.05, 0) is 30.9 Å². The lowest BCUT2D eigenvalue weighted by molar-refractivity contribution is -0.115. The lowest BCUT2D eigenvalue weighted by Gasteiger charge is -2.20. The topological polar surface area (TPSA) is 26.3 Å². The molecule has 0 radical (unpaired) electrons. The zero-order chi connectivity index (χ0) is 7.40. The van der Waals surface area contributed by atoms with Crippen LogP contribution in [-0.2, 0) is 9.53 Å². The van der Waals surface area contributed by atoms with Gasteiger partial charge in [-0.15, -0.1) is 0 Å². The van der Waals surface area contributed by atoms with E-state index < -0.39 is 0 Å². The van der Waals surface area contributed by atoms with Crippen LogP contribution in [0.2, 0.25) is 0 Å². The monoisotopic (exact) mass is 162 g/mol. The summed E-state index contributed by atoms with van der Waals surface area (Å²) in [5.41, 5.74) is 0. The van der Waals surface area contributed by atoms with E-state index in [2.05, 4.69) is 0 Å². The summed E-state index contributed by atoms with van der Waals surface area (Å²) in [4.78, 5) is 10.4. The summed E-state index contributed by atoms with van der Waals surface area (Å²) in [6.07, 6.45) is 3.74. The van der Waals surface area contributed by atoms with Crippen LogP contribution in [0.15, 0.2) is 0 Å². The molecule has 10 heavy (non-hydrogen) atoms. The molecular weight excluding hydrogens is 152 g/mol. The Hall–Kier alpha value is -0.0800. The molecule has 1 rings (SSSR count). The van der Waals surface area contributed by atoms with E-state index in [-0.39, 0.29) is 11.3 Å². The first-order valence-corrected chi connectivity index (χ1v) is 3.97. The number of carbonyl (C=O) groups is 1. The molecule has 0 saturated carbocycles. The van der Waals surface area contributed by atoms with Crippen LogP contribution in [0, 0.1) is 0 Å². The predicted octanol–water partition coefficient (Wildman–Crippen LogP) is 1.71. The summed E-state index contributed by atoms with van der Waals surface area (Å²) in [7, 11) is 0. The molecule has 58 valence electrons. The quantitative estimate of drug-likeness (QED) is 0.578. The summed E-state index contributed by atoms with van der Waals surface area (Å²) >= 11 is 5.19. The average molecular weight is 163 g/mol. The molecule has 0 bridgehead atoms. The predicted molar refractivity (Wildman–Crippen MR) is 39.1 cm³/mol. The van der Waals surface area contributed by atoms with Crippen LogP contribution in [0.3, 0.4) is 0 Å². The van der Waals surface area contributed by atoms with Crippen molar-refractivity contribution in [1.29, 1.82) is 0 Å². The fourth-order valence-corrected chi connectivity index (χ4v) is 1.32. The number of rotatable bonds is 2. The molecule has 1 heterocycles. The van der Waals surface area contributed by atoms with Crippen molar-refractivity contribution in [3.8, 4) is 0 Å². The highest BCUT2D eigenvalue weighted by atomic mass is 35.5. The third-order valence-electron chi connectivity index (χ3n) is 1.66. The van der Waals surface area contributed by atoms with Crippen LogP contribution in [0.5, 0.6) is 0 Å². The molecule has 1 saturated heterocycles. The fraction of sp³-hybridized carbons (Fsp3) is 0.857. The van der Waals surface area contributed by atoms with E-state index in [1.54, 1.807) is 0 Å². The van der Waals surface area contributed by atoms with Crippen molar-refractivity contribution >= 4 is 16.8 Å². The van der Waals surface area contributed by atoms with E-state index in [1.165, 1.54) is 0 Å². The highest BCUT2D eigenvalue weighted by Crippen LogP contribution is 2.16. The average Bonchev–Trinajstić information content (AvgIpc) is 1.88. The van der Waals surface area contributed by atoms with E-state index in [0.29, 0.717) is 6.42 Å². The van der Waals surface area contributed by atoms with Crippen molar-refractivity contribution in [2.24, 2.45) is 0 Å². The standard InChI is InChI=1S/C7H11ClO2/c8-7(9)5-6-3-1-2-4-10-6/h6H,1-5H2. The molecule has 0 amide bonds. The fourth-order valence-electron chi connectivity index (χ4n) is 1.15. The number of hydrogen-bond donors (Lipinski definition) is 0. The molecule has 0 spiro atoms. The van der Waals surface area contributed by atoms with E-state index in [0.717, 1.165) is 25.9 Å². The second kappa shape index (κ2) is 3.94. The van der Waals surface area contributed by atoms with Gasteiger partial charge in [0.25, 0.3) is 0 Å². The van der Waals surface area contributed by atoms with Crippen LogP contribution in [0.25, 0.3) is 0 Å². The zero-order valence-electron chi connectivity index (χ0n) is 5.81. The molecule has 1 atom stereocenters. The van der Waals surface area contributed by atoms with Crippen molar-refractivity contribution in [2.75, 3.05) is 6.61 Å². The first kappa shape index (κ1) is 8.02. The Morgan fingerprint density at radius 3 is 2.90 bits per heavy atom. The largest absolute Gasteiger partial charge is 0.378 e. The minimum atomic E-state index is -0.285. The minimum absolute atomic E-state index is 0.0961. The summed E-state index contributed by atoms with van der Waals surface area (Å²) in [5.74, 6) is 0. The maximum atomic E-state index is 10.4. The zero-order valence-corrected chi connectivity index (χ0v) is 6.56. The number of carbonyl (C=O) groups excluding carboxylic acids is 1. The molecule has 0 aliphatic carbocycles. The van der Waals surface area contributed by atoms with Crippen molar-refractivity contribution in [3.05, 3.63) is 0 Å². The number of ether oxygens (including phenoxy) is 1. The van der Waals surface area contributed by atoms with Gasteiger partial charge in [0.05, 0.1) is 6.10 Å². The first-order chi connectivity index (χ1) is 4.79. The Labute approximate surface area is 65.5 Å². The SMILES string of the molecule is O=C(Cl)CC1CCCCO1. The van der Waals surface area contributed by atoms with Crippen molar-refractivity contribution < 1.29 is 9.53 Å². The van der Waals surface area contributed by atoms with Gasteiger partial charge in [0.1, 0.15) is 0 Å². The molecule has 1 unspecified atom stereocenters. The molecule has 0 aromatic rings. The van der Waals surface area contributed by atoms with Gasteiger partial charge in [0, 0.05) is 13.0 Å². The van der Waals surface area contributed by atoms with Crippen LogP contribution >= 0.6 is 11.6 Å². The van der Waals surface area contributed by atoms with E-state index in [1.807, 2.05) is 0 Å². The molecule has 1 aliphatic heterocycles. The minimum Gasteiger partial charge on any atom is -0.378 e. The Bertz CT molecular complexity index is 119. The Morgan fingerprint density at radius 2 is 2.40 bits per heavy atom. The molecule has 0 aromatic heterocycles. The highest BCUT2D eigenvalue weighted by Gasteiger charge is 2.15. The third kappa shape index (κ3) is 2.67. The summed E-state index contributed by atoms with van der Waals surface area (Å²) in [5, 5.41) is -0.285. The lowest BCUT2D eigenvalue weighted by Crippen LogP contribution is -2.20. The van der Waals surface area contributed by atoms with E-state index in [9.17, 15) is 4.79 Å². The lowest BCUT2D eigenvalue weighted by atomic mass is 10.1. The van der Waals surface area contributed by atoms with E-state index >= 15 is 0 Å². The summed E-state index contributed by atoms with van der Waals surface area (Å²) in [6, 6.07) is 0. The summed E-state index contributed by atoms with van der Waals surface area (Å²) in [6.45, 7) is 0.787. The van der Waals surface area contributed by atoms with Gasteiger partial charge in [0.2, 0.25) is 5.24 Å². The molecule has 1 aliphatic rings. The van der Waals surface area contributed by atoms with Gasteiger partial charge in [-0.3, -0.25) is 4.79 Å². The third-order valence-corrected chi connectivity index (χ3v) is 1.82. The van der Waals surface area contributed by atoms with Gasteiger partial charge >= 0.3 is 0 Å². The second-order valence-electron chi connectivity index (χ2n) is 2.55. The smallest absolute Gasteiger partial charge is 0.224 e. The van der Waals surface area contributed by atoms with Crippen molar-refractivity contribution in [2.45, 2.75) is 31.8 Å². The molecule has 2 nitrogen and oxygen atoms in total. The number of halogens is 1. The maximum absolute atomic E-state index is 10.4. The molecule has 3 heteroatoms. The molecule has 0 N–H and O–H groups in total. The molecule has 0 aromatic carbocycles. The van der Waals surface area contributed by atoms with Gasteiger partial charge < -0.3 is 4.74 Å². The molecule has 1 fully saturated rings. The first-order valence-electron chi connectivity index (χ1n) is 3.59. The van der Waals surface area contributed by atoms with Crippen LogP contribution in [0.4, 0.5) is 0 Å². The van der Waals surface area contributed by atoms with Crippen LogP contribution in [-0.4, -0.2) is 18.0 Å². The van der Waals surface area contributed by atoms with Crippen LogP contribution in [0.1, 0.15) is 25.7 Å². The van der Waals surface area contributed by atoms with Crippen LogP contribution < -0.4 is 0 Å². The van der Waals surface area contributed by atoms with Gasteiger partial charge in [-0.2, -0.15) is 0 Å². The van der Waals surface area contributed by atoms with E-state index in [4.69, 9.17) is 16.3 Å². The van der Waals surface area contributed by atoms with Gasteiger partial charge in [-0.1, -0.05) is 0 Å². The Balaban J connectivity index is 2.19. The summed E-state index contributed by atoms with van der Waals surface area (Å²) < 4.78 is 5.28. The normalized spacial score (nSPS) is 26.3. The second-order valence-corrected chi connectivity index (χ2v) is 2.97. The molecular formula is C7H11ClO2.